The molecule has 0 bridgehead atoms. The minimum atomic E-state index is -0.201. The molecule has 1 aromatic heterocycles. The lowest BCUT2D eigenvalue weighted by atomic mass is 10.0. The van der Waals surface area contributed by atoms with Crippen LogP contribution in [0.5, 0.6) is 0 Å². The Balaban J connectivity index is 1.56. The molecule has 0 saturated carbocycles. The van der Waals surface area contributed by atoms with Gasteiger partial charge < -0.3 is 9.72 Å². The quantitative estimate of drug-likeness (QED) is 0.918. The van der Waals surface area contributed by atoms with Gasteiger partial charge in [-0.15, -0.1) is 0 Å². The molecule has 1 N–H and O–H groups in total. The summed E-state index contributed by atoms with van der Waals surface area (Å²) in [7, 11) is 0. The molecule has 2 aliphatic heterocycles. The summed E-state index contributed by atoms with van der Waals surface area (Å²) in [4.78, 5) is 17.9. The Morgan fingerprint density at radius 2 is 2.26 bits per heavy atom. The highest BCUT2D eigenvalue weighted by Crippen LogP contribution is 2.35. The van der Waals surface area contributed by atoms with E-state index in [1.165, 1.54) is 11.3 Å². The Morgan fingerprint density at radius 1 is 1.39 bits per heavy atom. The van der Waals surface area contributed by atoms with Crippen molar-refractivity contribution in [1.82, 2.24) is 9.88 Å². The molecule has 0 radical (unpaired) electrons. The maximum Gasteiger partial charge on any atom is 0.175 e. The maximum absolute atomic E-state index is 12.3. The summed E-state index contributed by atoms with van der Waals surface area (Å²) in [5, 5.41) is 2.23. The lowest BCUT2D eigenvalue weighted by Crippen LogP contribution is -2.38. The monoisotopic (exact) mass is 352 g/mol. The highest BCUT2D eigenvalue weighted by atomic mass is 35.5. The number of rotatable bonds is 3. The summed E-state index contributed by atoms with van der Waals surface area (Å²) in [5.74, 6) is 0.201. The molecule has 4 nitrogen and oxygen atoms in total. The Bertz CT molecular complexity index is 766. The van der Waals surface area contributed by atoms with Gasteiger partial charge in [0.05, 0.1) is 22.1 Å². The molecule has 6 heteroatoms. The van der Waals surface area contributed by atoms with Gasteiger partial charge in [0.15, 0.2) is 5.78 Å². The normalized spacial score (nSPS) is 21.7. The third-order valence-electron chi connectivity index (χ3n) is 4.79. The number of benzene rings is 1. The molecule has 122 valence electrons. The summed E-state index contributed by atoms with van der Waals surface area (Å²) in [5.41, 5.74) is 3.33. The average molecular weight is 353 g/mol. The van der Waals surface area contributed by atoms with Gasteiger partial charge in [0.25, 0.3) is 0 Å². The Kier molecular flexibility index (Phi) is 4.10. The molecule has 2 aromatic rings. The van der Waals surface area contributed by atoms with Crippen LogP contribution >= 0.6 is 23.2 Å². The van der Waals surface area contributed by atoms with Crippen molar-refractivity contribution in [3.05, 3.63) is 33.4 Å². The van der Waals surface area contributed by atoms with E-state index in [0.717, 1.165) is 43.3 Å². The van der Waals surface area contributed by atoms with Crippen LogP contribution in [-0.2, 0) is 22.5 Å². The number of halogens is 2. The molecule has 3 heterocycles. The standard InChI is InChI=1S/C17H18Cl2N2O2/c18-12-4-3-10-11-8-21(9-14(22)15-2-1-7-23-15)6-5-13(11)20-17(10)16(12)19/h3-4,15,20H,1-2,5-9H2. The smallest absolute Gasteiger partial charge is 0.175 e. The third kappa shape index (κ3) is 2.78. The molecule has 0 aliphatic carbocycles. The van der Waals surface area contributed by atoms with E-state index in [4.69, 9.17) is 27.9 Å². The van der Waals surface area contributed by atoms with E-state index < -0.39 is 0 Å². The van der Waals surface area contributed by atoms with Crippen LogP contribution < -0.4 is 0 Å². The van der Waals surface area contributed by atoms with Gasteiger partial charge in [-0.2, -0.15) is 0 Å². The number of fused-ring (bicyclic) bond motifs is 3. The maximum atomic E-state index is 12.3. The number of H-pyrrole nitrogens is 1. The van der Waals surface area contributed by atoms with Crippen LogP contribution in [0.4, 0.5) is 0 Å². The van der Waals surface area contributed by atoms with Crippen molar-refractivity contribution in [2.75, 3.05) is 19.7 Å². The molecule has 1 fully saturated rings. The fourth-order valence-electron chi connectivity index (χ4n) is 3.57. The second-order valence-electron chi connectivity index (χ2n) is 6.29. The van der Waals surface area contributed by atoms with Crippen LogP contribution in [0, 0.1) is 0 Å². The predicted molar refractivity (Wildman–Crippen MR) is 91.3 cm³/mol. The van der Waals surface area contributed by atoms with Crippen molar-refractivity contribution >= 4 is 39.9 Å². The fraction of sp³-hybridized carbons (Fsp3) is 0.471. The summed E-state index contributed by atoms with van der Waals surface area (Å²) < 4.78 is 5.50. The first-order valence-electron chi connectivity index (χ1n) is 7.97. The molecule has 23 heavy (non-hydrogen) atoms. The van der Waals surface area contributed by atoms with Crippen LogP contribution in [0.1, 0.15) is 24.1 Å². The number of Topliss-reactive ketones (excluding diaryl/α,β-unsaturated/α-hetero) is 1. The zero-order valence-corrected chi connectivity index (χ0v) is 14.2. The van der Waals surface area contributed by atoms with Gasteiger partial charge in [-0.05, 0) is 24.5 Å². The molecule has 4 rings (SSSR count). The first-order valence-corrected chi connectivity index (χ1v) is 8.73. The number of hydrogen-bond acceptors (Lipinski definition) is 3. The Labute approximate surface area is 144 Å². The van der Waals surface area contributed by atoms with E-state index in [1.54, 1.807) is 0 Å². The van der Waals surface area contributed by atoms with Gasteiger partial charge in [0.1, 0.15) is 6.10 Å². The van der Waals surface area contributed by atoms with Crippen LogP contribution in [0.15, 0.2) is 12.1 Å². The molecule has 1 unspecified atom stereocenters. The van der Waals surface area contributed by atoms with Gasteiger partial charge in [-0.25, -0.2) is 0 Å². The lowest BCUT2D eigenvalue weighted by Gasteiger charge is -2.27. The number of aromatic nitrogens is 1. The minimum absolute atomic E-state index is 0.201. The number of aromatic amines is 1. The number of ketones is 1. The number of carbonyl (C=O) groups is 1. The van der Waals surface area contributed by atoms with Crippen LogP contribution in [-0.4, -0.2) is 41.5 Å². The van der Waals surface area contributed by atoms with Crippen LogP contribution in [0.3, 0.4) is 0 Å². The lowest BCUT2D eigenvalue weighted by molar-refractivity contribution is -0.129. The fourth-order valence-corrected chi connectivity index (χ4v) is 3.94. The van der Waals surface area contributed by atoms with Crippen molar-refractivity contribution in [1.29, 1.82) is 0 Å². The van der Waals surface area contributed by atoms with E-state index >= 15 is 0 Å². The molecule has 1 saturated heterocycles. The topological polar surface area (TPSA) is 45.3 Å². The summed E-state index contributed by atoms with van der Waals surface area (Å²) in [6.07, 6.45) is 2.53. The van der Waals surface area contributed by atoms with Gasteiger partial charge in [-0.1, -0.05) is 29.3 Å². The van der Waals surface area contributed by atoms with E-state index in [2.05, 4.69) is 9.88 Å². The summed E-state index contributed by atoms with van der Waals surface area (Å²) in [6, 6.07) is 3.83. The van der Waals surface area contributed by atoms with Crippen molar-refractivity contribution in [2.45, 2.75) is 31.9 Å². The molecule has 0 spiro atoms. The van der Waals surface area contributed by atoms with Gasteiger partial charge in [0.2, 0.25) is 0 Å². The van der Waals surface area contributed by atoms with Crippen molar-refractivity contribution in [2.24, 2.45) is 0 Å². The zero-order chi connectivity index (χ0) is 16.0. The molecule has 1 aromatic carbocycles. The molecule has 2 aliphatic rings. The van der Waals surface area contributed by atoms with Gasteiger partial charge in [0, 0.05) is 37.2 Å². The number of carbonyl (C=O) groups excluding carboxylic acids is 1. The number of ether oxygens (including phenoxy) is 1. The van der Waals surface area contributed by atoms with Crippen molar-refractivity contribution in [3.63, 3.8) is 0 Å². The van der Waals surface area contributed by atoms with Crippen molar-refractivity contribution in [3.8, 4) is 0 Å². The van der Waals surface area contributed by atoms with E-state index in [-0.39, 0.29) is 11.9 Å². The minimum Gasteiger partial charge on any atom is -0.370 e. The Morgan fingerprint density at radius 3 is 3.04 bits per heavy atom. The van der Waals surface area contributed by atoms with E-state index in [0.29, 0.717) is 23.2 Å². The highest BCUT2D eigenvalue weighted by molar-refractivity contribution is 6.45. The third-order valence-corrected chi connectivity index (χ3v) is 5.59. The first-order chi connectivity index (χ1) is 11.1. The summed E-state index contributed by atoms with van der Waals surface area (Å²) >= 11 is 12.4. The zero-order valence-electron chi connectivity index (χ0n) is 12.7. The molecule has 0 amide bonds. The van der Waals surface area contributed by atoms with Gasteiger partial charge >= 0.3 is 0 Å². The molecular formula is C17H18Cl2N2O2. The highest BCUT2D eigenvalue weighted by Gasteiger charge is 2.28. The first kappa shape index (κ1) is 15.5. The number of nitrogens with one attached hydrogen (secondary N) is 1. The Hall–Kier alpha value is -1.07. The van der Waals surface area contributed by atoms with Crippen LogP contribution in [0.2, 0.25) is 10.0 Å². The van der Waals surface area contributed by atoms with Crippen molar-refractivity contribution < 1.29 is 9.53 Å². The predicted octanol–water partition coefficient (Wildman–Crippen LogP) is 3.58. The molecular weight excluding hydrogens is 335 g/mol. The second-order valence-corrected chi connectivity index (χ2v) is 7.08. The SMILES string of the molecule is O=C(CN1CCc2[nH]c3c(Cl)c(Cl)ccc3c2C1)C1CCCO1. The van der Waals surface area contributed by atoms with E-state index in [9.17, 15) is 4.79 Å². The molecule has 1 atom stereocenters. The largest absolute Gasteiger partial charge is 0.370 e. The summed E-state index contributed by atoms with van der Waals surface area (Å²) in [6.45, 7) is 2.79. The average Bonchev–Trinajstić information content (AvgIpc) is 3.19. The second kappa shape index (κ2) is 6.10. The van der Waals surface area contributed by atoms with E-state index in [1.807, 2.05) is 12.1 Å². The number of hydrogen-bond donors (Lipinski definition) is 1. The van der Waals surface area contributed by atoms with Crippen LogP contribution in [0.25, 0.3) is 10.9 Å². The van der Waals surface area contributed by atoms with Gasteiger partial charge in [-0.3, -0.25) is 9.69 Å². The number of nitrogens with zero attached hydrogens (tertiary/aromatic N) is 1.